The van der Waals surface area contributed by atoms with E-state index in [4.69, 9.17) is 0 Å². The van der Waals surface area contributed by atoms with Crippen molar-refractivity contribution in [1.82, 2.24) is 20.3 Å². The van der Waals surface area contributed by atoms with Crippen LogP contribution in [0.1, 0.15) is 5.69 Å². The summed E-state index contributed by atoms with van der Waals surface area (Å²) in [6.45, 7) is 1.72. The van der Waals surface area contributed by atoms with Crippen LogP contribution in [0.4, 0.5) is 0 Å². The number of fused-ring (bicyclic) bond motifs is 1. The molecule has 0 radical (unpaired) electrons. The van der Waals surface area contributed by atoms with Crippen LogP contribution in [0.15, 0.2) is 6.20 Å². The van der Waals surface area contributed by atoms with Gasteiger partial charge in [0.1, 0.15) is 0 Å². The van der Waals surface area contributed by atoms with Gasteiger partial charge in [0, 0.05) is 6.54 Å². The van der Waals surface area contributed by atoms with E-state index in [2.05, 4.69) is 15.6 Å². The summed E-state index contributed by atoms with van der Waals surface area (Å²) in [5, 5.41) is 10.6. The number of nitrogens with one attached hydrogen (secondary N) is 1. The molecule has 2 rings (SSSR count). The van der Waals surface area contributed by atoms with Gasteiger partial charge in [0.15, 0.2) is 0 Å². The molecular formula is C4H6N4. The van der Waals surface area contributed by atoms with Crippen molar-refractivity contribution in [3.05, 3.63) is 11.9 Å². The van der Waals surface area contributed by atoms with Crippen molar-refractivity contribution in [3.8, 4) is 0 Å². The van der Waals surface area contributed by atoms with Crippen LogP contribution in [-0.4, -0.2) is 15.0 Å². The third-order valence-corrected chi connectivity index (χ3v) is 1.27. The van der Waals surface area contributed by atoms with Crippen molar-refractivity contribution in [2.45, 2.75) is 13.2 Å². The zero-order valence-electron chi connectivity index (χ0n) is 4.33. The number of rotatable bonds is 0. The molecule has 0 fully saturated rings. The molecule has 0 spiro atoms. The highest BCUT2D eigenvalue weighted by Crippen LogP contribution is 1.99. The zero-order valence-corrected chi connectivity index (χ0v) is 4.33. The van der Waals surface area contributed by atoms with Gasteiger partial charge in [-0.2, -0.15) is 0 Å². The van der Waals surface area contributed by atoms with Crippen molar-refractivity contribution in [2.75, 3.05) is 0 Å². The summed E-state index contributed by atoms with van der Waals surface area (Å²) in [4.78, 5) is 0. The number of nitrogens with zero attached hydrogens (tertiary/aromatic N) is 3. The van der Waals surface area contributed by atoms with Gasteiger partial charge in [-0.25, -0.2) is 4.68 Å². The summed E-state index contributed by atoms with van der Waals surface area (Å²) >= 11 is 0. The van der Waals surface area contributed by atoms with Crippen LogP contribution < -0.4 is 5.32 Å². The van der Waals surface area contributed by atoms with Crippen LogP contribution in [-0.2, 0) is 13.2 Å². The first-order valence-corrected chi connectivity index (χ1v) is 2.55. The van der Waals surface area contributed by atoms with E-state index in [-0.39, 0.29) is 0 Å². The van der Waals surface area contributed by atoms with Gasteiger partial charge in [-0.3, -0.25) is 5.32 Å². The Morgan fingerprint density at radius 2 is 2.75 bits per heavy atom. The Balaban J connectivity index is 2.54. The monoisotopic (exact) mass is 110 g/mol. The third kappa shape index (κ3) is 0.376. The molecule has 0 unspecified atom stereocenters. The SMILES string of the molecule is c1nnn2c1CNC2. The van der Waals surface area contributed by atoms with E-state index < -0.39 is 0 Å². The molecule has 42 valence electrons. The molecule has 0 aromatic carbocycles. The van der Waals surface area contributed by atoms with Gasteiger partial charge < -0.3 is 0 Å². The van der Waals surface area contributed by atoms with Gasteiger partial charge in [0.05, 0.1) is 18.6 Å². The maximum Gasteiger partial charge on any atom is 0.0928 e. The van der Waals surface area contributed by atoms with E-state index in [1.54, 1.807) is 6.20 Å². The van der Waals surface area contributed by atoms with E-state index in [9.17, 15) is 0 Å². The molecular weight excluding hydrogens is 104 g/mol. The Morgan fingerprint density at radius 3 is 3.62 bits per heavy atom. The quantitative estimate of drug-likeness (QED) is 0.482. The van der Waals surface area contributed by atoms with Crippen molar-refractivity contribution in [2.24, 2.45) is 0 Å². The molecule has 1 N–H and O–H groups in total. The van der Waals surface area contributed by atoms with Gasteiger partial charge in [-0.1, -0.05) is 5.21 Å². The van der Waals surface area contributed by atoms with Gasteiger partial charge >= 0.3 is 0 Å². The van der Waals surface area contributed by atoms with E-state index >= 15 is 0 Å². The van der Waals surface area contributed by atoms with Crippen LogP contribution in [0.25, 0.3) is 0 Å². The summed E-state index contributed by atoms with van der Waals surface area (Å²) in [6, 6.07) is 0. The van der Waals surface area contributed by atoms with Crippen molar-refractivity contribution in [3.63, 3.8) is 0 Å². The predicted octanol–water partition coefficient (Wildman–Crippen LogP) is -0.661. The van der Waals surface area contributed by atoms with E-state index in [1.807, 2.05) is 4.68 Å². The molecule has 0 bridgehead atoms. The Morgan fingerprint density at radius 1 is 1.75 bits per heavy atom. The Kier molecular flexibility index (Phi) is 0.648. The lowest BCUT2D eigenvalue weighted by Crippen LogP contribution is -2.06. The zero-order chi connectivity index (χ0) is 5.40. The molecule has 0 atom stereocenters. The van der Waals surface area contributed by atoms with Gasteiger partial charge in [0.25, 0.3) is 0 Å². The van der Waals surface area contributed by atoms with Crippen LogP contribution >= 0.6 is 0 Å². The van der Waals surface area contributed by atoms with Gasteiger partial charge in [-0.05, 0) is 0 Å². The average Bonchev–Trinajstić information content (AvgIpc) is 2.15. The lowest BCUT2D eigenvalue weighted by molar-refractivity contribution is 0.575. The van der Waals surface area contributed by atoms with Crippen LogP contribution in [0.5, 0.6) is 0 Å². The lowest BCUT2D eigenvalue weighted by atomic mass is 10.5. The minimum atomic E-state index is 0.815. The molecule has 0 amide bonds. The molecule has 4 heteroatoms. The maximum absolute atomic E-state index is 3.80. The maximum atomic E-state index is 3.80. The Bertz CT molecular complexity index is 173. The van der Waals surface area contributed by atoms with Crippen molar-refractivity contribution >= 4 is 0 Å². The highest BCUT2D eigenvalue weighted by atomic mass is 15.5. The molecule has 0 aliphatic carbocycles. The fraction of sp³-hybridized carbons (Fsp3) is 0.500. The minimum absolute atomic E-state index is 0.815. The molecule has 2 heterocycles. The highest BCUT2D eigenvalue weighted by Gasteiger charge is 2.07. The van der Waals surface area contributed by atoms with Gasteiger partial charge in [-0.15, -0.1) is 5.10 Å². The summed E-state index contributed by atoms with van der Waals surface area (Å²) in [6.07, 6.45) is 1.78. The van der Waals surface area contributed by atoms with Crippen LogP contribution in [0.2, 0.25) is 0 Å². The Labute approximate surface area is 46.5 Å². The average molecular weight is 110 g/mol. The molecule has 1 aromatic rings. The fourth-order valence-corrected chi connectivity index (χ4v) is 0.839. The van der Waals surface area contributed by atoms with Crippen LogP contribution in [0, 0.1) is 0 Å². The summed E-state index contributed by atoms with van der Waals surface area (Å²) in [5.74, 6) is 0. The second-order valence-corrected chi connectivity index (χ2v) is 1.81. The van der Waals surface area contributed by atoms with E-state index in [0.29, 0.717) is 0 Å². The van der Waals surface area contributed by atoms with Crippen molar-refractivity contribution in [1.29, 1.82) is 0 Å². The molecule has 4 nitrogen and oxygen atoms in total. The smallest absolute Gasteiger partial charge is 0.0928 e. The molecule has 0 saturated heterocycles. The molecule has 0 saturated carbocycles. The molecule has 1 aliphatic rings. The first kappa shape index (κ1) is 4.03. The number of hydrogen-bond donors (Lipinski definition) is 1. The van der Waals surface area contributed by atoms with E-state index in [0.717, 1.165) is 13.2 Å². The van der Waals surface area contributed by atoms with Crippen LogP contribution in [0.3, 0.4) is 0 Å². The largest absolute Gasteiger partial charge is 0.292 e. The second kappa shape index (κ2) is 1.29. The lowest BCUT2D eigenvalue weighted by Gasteiger charge is -1.85. The molecule has 1 aromatic heterocycles. The van der Waals surface area contributed by atoms with Gasteiger partial charge in [0.2, 0.25) is 0 Å². The topological polar surface area (TPSA) is 42.7 Å². The third-order valence-electron chi connectivity index (χ3n) is 1.27. The molecule has 8 heavy (non-hydrogen) atoms. The first-order chi connectivity index (χ1) is 3.97. The summed E-state index contributed by atoms with van der Waals surface area (Å²) in [5.41, 5.74) is 1.17. The van der Waals surface area contributed by atoms with E-state index in [1.165, 1.54) is 5.69 Å². The normalized spacial score (nSPS) is 16.5. The standard InChI is InChI=1S/C4H6N4/c1-4-2-6-7-8(4)3-5-1/h2,5H,1,3H2. The highest BCUT2D eigenvalue weighted by molar-refractivity contribution is 4.95. The molecule has 1 aliphatic heterocycles. The summed E-state index contributed by atoms with van der Waals surface area (Å²) in [7, 11) is 0. The summed E-state index contributed by atoms with van der Waals surface area (Å²) < 4.78 is 1.85. The fourth-order valence-electron chi connectivity index (χ4n) is 0.839. The minimum Gasteiger partial charge on any atom is -0.292 e. The predicted molar refractivity (Wildman–Crippen MR) is 26.9 cm³/mol. The number of aromatic nitrogens is 3. The Hall–Kier alpha value is -0.900. The first-order valence-electron chi connectivity index (χ1n) is 2.55. The van der Waals surface area contributed by atoms with Crippen molar-refractivity contribution < 1.29 is 0 Å². The number of hydrogen-bond acceptors (Lipinski definition) is 3. The second-order valence-electron chi connectivity index (χ2n) is 1.81.